The van der Waals surface area contributed by atoms with Gasteiger partial charge in [0.1, 0.15) is 0 Å². The smallest absolute Gasteiger partial charge is 0.0720 e. The van der Waals surface area contributed by atoms with Crippen LogP contribution in [0.15, 0.2) is 205 Å². The van der Waals surface area contributed by atoms with Gasteiger partial charge in [0.15, 0.2) is 0 Å². The minimum Gasteiger partial charge on any atom is -0.257 e. The lowest BCUT2D eigenvalue weighted by Crippen LogP contribution is -2.31. The van der Waals surface area contributed by atoms with Crippen molar-refractivity contribution in [2.75, 3.05) is 0 Å². The van der Waals surface area contributed by atoms with E-state index in [2.05, 4.69) is 207 Å². The summed E-state index contributed by atoms with van der Waals surface area (Å²) in [6.45, 7) is 2.37. The molecule has 60 heavy (non-hydrogen) atoms. The molecule has 0 bridgehead atoms. The van der Waals surface area contributed by atoms with E-state index in [-0.39, 0.29) is 11.8 Å². The monoisotopic (exact) mass is 767 g/mol. The van der Waals surface area contributed by atoms with Crippen LogP contribution in [0.25, 0.3) is 43.8 Å². The van der Waals surface area contributed by atoms with Crippen LogP contribution in [-0.2, 0) is 11.8 Å². The molecule has 0 saturated carbocycles. The highest BCUT2D eigenvalue weighted by molar-refractivity contribution is 6.19. The molecule has 0 amide bonds. The average Bonchev–Trinajstić information content (AvgIpc) is 3.53. The van der Waals surface area contributed by atoms with E-state index < -0.39 is 5.41 Å². The number of hydrogen-bond acceptors (Lipinski definition) is 1. The van der Waals surface area contributed by atoms with Crippen LogP contribution in [0.1, 0.15) is 76.1 Å². The fraction of sp³-hybridized carbons (Fsp3) is 0.136. The molecule has 3 atom stereocenters. The maximum absolute atomic E-state index is 5.67. The zero-order valence-corrected chi connectivity index (χ0v) is 33.9. The quantitative estimate of drug-likeness (QED) is 0.155. The summed E-state index contributed by atoms with van der Waals surface area (Å²) in [5.41, 5.74) is 18.2. The first-order valence-corrected chi connectivity index (χ1v) is 21.8. The second-order valence-corrected chi connectivity index (χ2v) is 17.1. The van der Waals surface area contributed by atoms with E-state index in [0.717, 1.165) is 24.9 Å². The van der Waals surface area contributed by atoms with E-state index in [9.17, 15) is 0 Å². The number of aryl methyl sites for hydroxylation is 1. The molecular weight excluding hydrogens is 723 g/mol. The van der Waals surface area contributed by atoms with E-state index in [1.54, 1.807) is 0 Å². The van der Waals surface area contributed by atoms with E-state index in [1.165, 1.54) is 94.0 Å². The van der Waals surface area contributed by atoms with E-state index in [0.29, 0.717) is 5.92 Å². The van der Waals surface area contributed by atoms with Gasteiger partial charge in [0.2, 0.25) is 0 Å². The lowest BCUT2D eigenvalue weighted by atomic mass is 9.66. The number of hydrogen-bond donors (Lipinski definition) is 0. The first-order chi connectivity index (χ1) is 29.8. The Hall–Kier alpha value is -6.83. The van der Waals surface area contributed by atoms with E-state index in [1.807, 2.05) is 0 Å². The van der Waals surface area contributed by atoms with Crippen LogP contribution in [0, 0.1) is 5.92 Å². The lowest BCUT2D eigenvalue weighted by molar-refractivity contribution is 0.552. The van der Waals surface area contributed by atoms with Crippen LogP contribution in [0.5, 0.6) is 0 Å². The molecule has 12 rings (SSSR count). The van der Waals surface area contributed by atoms with Gasteiger partial charge in [-0.2, -0.15) is 0 Å². The Bertz CT molecular complexity index is 3100. The van der Waals surface area contributed by atoms with Gasteiger partial charge in [-0.25, -0.2) is 0 Å². The summed E-state index contributed by atoms with van der Waals surface area (Å²) in [5, 5.41) is 5.25. The fourth-order valence-corrected chi connectivity index (χ4v) is 11.8. The molecule has 1 aliphatic heterocycles. The topological polar surface area (TPSA) is 12.4 Å². The van der Waals surface area contributed by atoms with Gasteiger partial charge in [0, 0.05) is 23.5 Å². The molecule has 286 valence electrons. The normalized spacial score (nSPS) is 18.4. The number of aliphatic imine (C=N–C) groups is 1. The van der Waals surface area contributed by atoms with Crippen molar-refractivity contribution in [3.05, 3.63) is 245 Å². The second-order valence-electron chi connectivity index (χ2n) is 17.1. The van der Waals surface area contributed by atoms with Crippen molar-refractivity contribution in [1.82, 2.24) is 0 Å². The standard InChI is InChI=1S/C59H45N/c1-2-42-55(38-20-6-3-7-21-38)50-32-18-19-33-54(50)60-58(42)49-35-34-39-36-52-53(37-51(39)46-29-13-12-28-45(46)49)59(40-22-8-4-9-23-40,41-24-10-5-11-25-41)57-48-31-17-15-27-44(48)43-26-14-16-30-47(43)56(52)57/h3-33,36-37,42,49,55H,2,34-35H2,1H3. The maximum atomic E-state index is 5.67. The maximum Gasteiger partial charge on any atom is 0.0720 e. The summed E-state index contributed by atoms with van der Waals surface area (Å²) in [6.07, 6.45) is 3.01. The van der Waals surface area contributed by atoms with Crippen molar-refractivity contribution >= 4 is 32.9 Å². The molecule has 0 radical (unpaired) electrons. The van der Waals surface area contributed by atoms with Crippen LogP contribution in [0.3, 0.4) is 0 Å². The molecule has 1 nitrogen and oxygen atoms in total. The Kier molecular flexibility index (Phi) is 8.14. The summed E-state index contributed by atoms with van der Waals surface area (Å²) in [6, 6.07) is 75.5. The van der Waals surface area contributed by atoms with Crippen molar-refractivity contribution in [1.29, 1.82) is 0 Å². The molecule has 0 saturated heterocycles. The summed E-state index contributed by atoms with van der Waals surface area (Å²) in [5.74, 6) is 0.749. The fourth-order valence-electron chi connectivity index (χ4n) is 11.8. The van der Waals surface area contributed by atoms with Gasteiger partial charge in [0.05, 0.1) is 11.1 Å². The third kappa shape index (κ3) is 5.02. The highest BCUT2D eigenvalue weighted by Gasteiger charge is 2.49. The van der Waals surface area contributed by atoms with Gasteiger partial charge >= 0.3 is 0 Å². The molecule has 0 spiro atoms. The summed E-state index contributed by atoms with van der Waals surface area (Å²) < 4.78 is 0. The van der Waals surface area contributed by atoms with Gasteiger partial charge in [0.25, 0.3) is 0 Å². The molecule has 3 unspecified atom stereocenters. The van der Waals surface area contributed by atoms with Crippen molar-refractivity contribution < 1.29 is 0 Å². The van der Waals surface area contributed by atoms with Crippen molar-refractivity contribution in [3.63, 3.8) is 0 Å². The predicted molar refractivity (Wildman–Crippen MR) is 251 cm³/mol. The van der Waals surface area contributed by atoms with Crippen molar-refractivity contribution in [2.24, 2.45) is 10.9 Å². The first-order valence-electron chi connectivity index (χ1n) is 21.8. The Morgan fingerprint density at radius 3 is 1.78 bits per heavy atom. The Morgan fingerprint density at radius 1 is 0.517 bits per heavy atom. The highest BCUT2D eigenvalue weighted by Crippen LogP contribution is 2.62. The van der Waals surface area contributed by atoms with Crippen molar-refractivity contribution in [3.8, 4) is 22.3 Å². The Labute approximate surface area is 352 Å². The largest absolute Gasteiger partial charge is 0.257 e. The predicted octanol–water partition coefficient (Wildman–Crippen LogP) is 15.0. The summed E-state index contributed by atoms with van der Waals surface area (Å²) in [7, 11) is 0. The number of fused-ring (bicyclic) bond motifs is 12. The molecule has 0 aromatic heterocycles. The number of rotatable bonds is 5. The molecule has 2 aliphatic carbocycles. The van der Waals surface area contributed by atoms with Crippen LogP contribution in [0.4, 0.5) is 5.69 Å². The minimum atomic E-state index is -0.542. The SMILES string of the molecule is CCC1C(C2CCc3cc4c(cc3-c3ccccc32)C(c2ccccc2)(c2ccccc2)c2c-4c3ccccc3c3ccccc23)=Nc2ccccc2C1c1ccccc1. The van der Waals surface area contributed by atoms with Crippen LogP contribution in [-0.4, -0.2) is 5.71 Å². The van der Waals surface area contributed by atoms with Crippen molar-refractivity contribution in [2.45, 2.75) is 43.4 Å². The number of para-hydroxylation sites is 1. The van der Waals surface area contributed by atoms with Gasteiger partial charge in [-0.15, -0.1) is 0 Å². The number of nitrogens with zero attached hydrogens (tertiary/aromatic N) is 1. The molecule has 0 fully saturated rings. The average molecular weight is 768 g/mol. The second kappa shape index (κ2) is 13.9. The third-order valence-corrected chi connectivity index (χ3v) is 14.2. The number of benzene rings is 9. The molecule has 1 heteroatoms. The van der Waals surface area contributed by atoms with Crippen LogP contribution in [0.2, 0.25) is 0 Å². The van der Waals surface area contributed by atoms with Gasteiger partial charge < -0.3 is 0 Å². The molecule has 9 aromatic rings. The van der Waals surface area contributed by atoms with E-state index in [4.69, 9.17) is 4.99 Å². The summed E-state index contributed by atoms with van der Waals surface area (Å²) in [4.78, 5) is 5.67. The zero-order valence-electron chi connectivity index (χ0n) is 33.9. The van der Waals surface area contributed by atoms with Crippen LogP contribution < -0.4 is 0 Å². The minimum absolute atomic E-state index is 0.193. The van der Waals surface area contributed by atoms with E-state index >= 15 is 0 Å². The highest BCUT2D eigenvalue weighted by atomic mass is 14.8. The summed E-state index contributed by atoms with van der Waals surface area (Å²) >= 11 is 0. The molecular formula is C59H45N. The molecule has 0 N–H and O–H groups in total. The molecule has 9 aromatic carbocycles. The first kappa shape index (κ1) is 35.1. The van der Waals surface area contributed by atoms with Gasteiger partial charge in [-0.3, -0.25) is 4.99 Å². The van der Waals surface area contributed by atoms with Gasteiger partial charge in [-0.05, 0) is 120 Å². The lowest BCUT2D eigenvalue weighted by Gasteiger charge is -2.37. The Balaban J connectivity index is 1.14. The Morgan fingerprint density at radius 2 is 1.08 bits per heavy atom. The third-order valence-electron chi connectivity index (χ3n) is 14.2. The van der Waals surface area contributed by atoms with Gasteiger partial charge in [-0.1, -0.05) is 195 Å². The zero-order chi connectivity index (χ0) is 39.8. The van der Waals surface area contributed by atoms with Crippen LogP contribution >= 0.6 is 0 Å². The molecule has 3 aliphatic rings. The molecule has 1 heterocycles.